The van der Waals surface area contributed by atoms with Gasteiger partial charge in [0.25, 0.3) is 5.91 Å². The van der Waals surface area contributed by atoms with Gasteiger partial charge in [-0.1, -0.05) is 18.2 Å². The zero-order valence-corrected chi connectivity index (χ0v) is 15.5. The molecule has 27 heavy (non-hydrogen) atoms. The van der Waals surface area contributed by atoms with Gasteiger partial charge in [-0.3, -0.25) is 9.78 Å². The molecule has 3 rings (SSSR count). The molecule has 1 N–H and O–H groups in total. The Labute approximate surface area is 158 Å². The van der Waals surface area contributed by atoms with Crippen molar-refractivity contribution in [3.8, 4) is 11.5 Å². The molecule has 0 aliphatic rings. The maximum atomic E-state index is 12.8. The van der Waals surface area contributed by atoms with E-state index in [1.807, 2.05) is 48.5 Å². The molecule has 0 spiro atoms. The zero-order valence-electron chi connectivity index (χ0n) is 15.5. The summed E-state index contributed by atoms with van der Waals surface area (Å²) in [6, 6.07) is 16.7. The Morgan fingerprint density at radius 3 is 2.48 bits per heavy atom. The summed E-state index contributed by atoms with van der Waals surface area (Å²) in [4.78, 5) is 18.6. The van der Waals surface area contributed by atoms with Crippen molar-refractivity contribution in [2.45, 2.75) is 0 Å². The smallest absolute Gasteiger partial charge is 0.259 e. The summed E-state index contributed by atoms with van der Waals surface area (Å²) < 4.78 is 10.6. The maximum absolute atomic E-state index is 12.8. The molecule has 0 saturated heterocycles. The quantitative estimate of drug-likeness (QED) is 0.714. The van der Waals surface area contributed by atoms with E-state index in [2.05, 4.69) is 10.3 Å². The van der Waals surface area contributed by atoms with Crippen molar-refractivity contribution in [1.29, 1.82) is 0 Å². The van der Waals surface area contributed by atoms with Crippen molar-refractivity contribution >= 4 is 23.0 Å². The van der Waals surface area contributed by atoms with Gasteiger partial charge < -0.3 is 19.7 Å². The second-order valence-corrected chi connectivity index (χ2v) is 5.85. The summed E-state index contributed by atoms with van der Waals surface area (Å²) in [7, 11) is 4.94. The molecule has 0 aliphatic carbocycles. The highest BCUT2D eigenvalue weighted by molar-refractivity contribution is 6.06. The molecular weight excluding hydrogens is 342 g/mol. The van der Waals surface area contributed by atoms with Crippen LogP contribution in [0, 0.1) is 0 Å². The van der Waals surface area contributed by atoms with Crippen LogP contribution in [0.4, 0.5) is 17.1 Å². The molecule has 0 atom stereocenters. The molecule has 1 amide bonds. The molecule has 6 heteroatoms. The van der Waals surface area contributed by atoms with Crippen molar-refractivity contribution in [2.75, 3.05) is 31.5 Å². The minimum Gasteiger partial charge on any atom is -0.497 e. The summed E-state index contributed by atoms with van der Waals surface area (Å²) >= 11 is 0. The third-order valence-corrected chi connectivity index (χ3v) is 4.12. The maximum Gasteiger partial charge on any atom is 0.259 e. The first kappa shape index (κ1) is 18.3. The summed E-state index contributed by atoms with van der Waals surface area (Å²) in [5.74, 6) is 1.21. The van der Waals surface area contributed by atoms with Crippen LogP contribution in [-0.4, -0.2) is 32.2 Å². The van der Waals surface area contributed by atoms with E-state index < -0.39 is 0 Å². The first-order chi connectivity index (χ1) is 13.1. The zero-order chi connectivity index (χ0) is 19.2. The van der Waals surface area contributed by atoms with Crippen molar-refractivity contribution < 1.29 is 14.3 Å². The van der Waals surface area contributed by atoms with Gasteiger partial charge in [-0.15, -0.1) is 0 Å². The third-order valence-electron chi connectivity index (χ3n) is 4.12. The number of carbonyl (C=O) groups is 1. The molecule has 0 radical (unpaired) electrons. The number of pyridine rings is 1. The van der Waals surface area contributed by atoms with Crippen LogP contribution in [0.2, 0.25) is 0 Å². The molecular formula is C21H21N3O3. The number of para-hydroxylation sites is 1. The number of amides is 1. The van der Waals surface area contributed by atoms with Crippen LogP contribution >= 0.6 is 0 Å². The molecule has 0 unspecified atom stereocenters. The highest BCUT2D eigenvalue weighted by Gasteiger charge is 2.15. The summed E-state index contributed by atoms with van der Waals surface area (Å²) in [5, 5.41) is 3.23. The van der Waals surface area contributed by atoms with Crippen molar-refractivity contribution in [3.05, 3.63) is 72.6 Å². The Morgan fingerprint density at radius 1 is 1.00 bits per heavy atom. The van der Waals surface area contributed by atoms with Gasteiger partial charge in [0.15, 0.2) is 0 Å². The SMILES string of the molecule is COc1ccc(OC)c(Nc2cncc(C(=O)N(C)c3ccccc3)c2)c1. The lowest BCUT2D eigenvalue weighted by atomic mass is 10.2. The predicted octanol–water partition coefficient (Wildman–Crippen LogP) is 4.12. The summed E-state index contributed by atoms with van der Waals surface area (Å²) in [5.41, 5.74) is 2.69. The Kier molecular flexibility index (Phi) is 5.56. The third kappa shape index (κ3) is 4.17. The van der Waals surface area contributed by atoms with Gasteiger partial charge in [0, 0.05) is 25.0 Å². The summed E-state index contributed by atoms with van der Waals surface area (Å²) in [6.45, 7) is 0. The number of ether oxygens (including phenoxy) is 2. The minimum absolute atomic E-state index is 0.144. The van der Waals surface area contributed by atoms with E-state index in [0.717, 1.165) is 11.4 Å². The van der Waals surface area contributed by atoms with Gasteiger partial charge in [-0.05, 0) is 30.3 Å². The van der Waals surface area contributed by atoms with E-state index in [9.17, 15) is 4.79 Å². The van der Waals surface area contributed by atoms with E-state index in [1.165, 1.54) is 0 Å². The number of nitrogens with one attached hydrogen (secondary N) is 1. The average Bonchev–Trinajstić information content (AvgIpc) is 2.73. The van der Waals surface area contributed by atoms with E-state index in [-0.39, 0.29) is 5.91 Å². The number of anilines is 3. The fraction of sp³-hybridized carbons (Fsp3) is 0.143. The Bertz CT molecular complexity index is 929. The van der Waals surface area contributed by atoms with Gasteiger partial charge in [-0.25, -0.2) is 0 Å². The van der Waals surface area contributed by atoms with Gasteiger partial charge in [-0.2, -0.15) is 0 Å². The van der Waals surface area contributed by atoms with Crippen molar-refractivity contribution in [2.24, 2.45) is 0 Å². The molecule has 0 fully saturated rings. The van der Waals surface area contributed by atoms with Gasteiger partial charge in [0.1, 0.15) is 11.5 Å². The number of nitrogens with zero attached hydrogens (tertiary/aromatic N) is 2. The van der Waals surface area contributed by atoms with Crippen LogP contribution in [0.25, 0.3) is 0 Å². The standard InChI is InChI=1S/C21H21N3O3/c1-24(17-7-5-4-6-8-17)21(25)15-11-16(14-22-13-15)23-19-12-18(26-2)9-10-20(19)27-3/h4-14,23H,1-3H3. The molecule has 0 bridgehead atoms. The predicted molar refractivity (Wildman–Crippen MR) is 106 cm³/mol. The van der Waals surface area contributed by atoms with Crippen LogP contribution in [0.15, 0.2) is 67.0 Å². The normalized spacial score (nSPS) is 10.2. The van der Waals surface area contributed by atoms with Crippen molar-refractivity contribution in [3.63, 3.8) is 0 Å². The number of carbonyl (C=O) groups excluding carboxylic acids is 1. The number of hydrogen-bond donors (Lipinski definition) is 1. The molecule has 0 saturated carbocycles. The number of hydrogen-bond acceptors (Lipinski definition) is 5. The molecule has 1 heterocycles. The van der Waals surface area contributed by atoms with Gasteiger partial charge >= 0.3 is 0 Å². The number of rotatable bonds is 6. The molecule has 3 aromatic rings. The molecule has 1 aromatic heterocycles. The van der Waals surface area contributed by atoms with Gasteiger partial charge in [0.2, 0.25) is 0 Å². The van der Waals surface area contributed by atoms with Crippen LogP contribution in [0.5, 0.6) is 11.5 Å². The highest BCUT2D eigenvalue weighted by atomic mass is 16.5. The number of aromatic nitrogens is 1. The molecule has 138 valence electrons. The summed E-state index contributed by atoms with van der Waals surface area (Å²) in [6.07, 6.45) is 3.20. The fourth-order valence-corrected chi connectivity index (χ4v) is 2.66. The Morgan fingerprint density at radius 2 is 1.78 bits per heavy atom. The lowest BCUT2D eigenvalue weighted by Gasteiger charge is -2.18. The van der Waals surface area contributed by atoms with E-state index in [4.69, 9.17) is 9.47 Å². The van der Waals surface area contributed by atoms with Crippen LogP contribution in [-0.2, 0) is 0 Å². The number of methoxy groups -OCH3 is 2. The van der Waals surface area contributed by atoms with E-state index in [0.29, 0.717) is 22.7 Å². The lowest BCUT2D eigenvalue weighted by molar-refractivity contribution is 0.0992. The molecule has 2 aromatic carbocycles. The monoisotopic (exact) mass is 363 g/mol. The Balaban J connectivity index is 1.85. The number of benzene rings is 2. The average molecular weight is 363 g/mol. The largest absolute Gasteiger partial charge is 0.497 e. The Hall–Kier alpha value is -3.54. The molecule has 0 aliphatic heterocycles. The lowest BCUT2D eigenvalue weighted by Crippen LogP contribution is -2.26. The first-order valence-corrected chi connectivity index (χ1v) is 8.39. The first-order valence-electron chi connectivity index (χ1n) is 8.39. The topological polar surface area (TPSA) is 63.7 Å². The van der Waals surface area contributed by atoms with Crippen molar-refractivity contribution in [1.82, 2.24) is 4.98 Å². The molecule has 6 nitrogen and oxygen atoms in total. The second-order valence-electron chi connectivity index (χ2n) is 5.85. The van der Waals surface area contributed by atoms with Gasteiger partial charge in [0.05, 0.1) is 37.4 Å². The van der Waals surface area contributed by atoms with Crippen LogP contribution < -0.4 is 19.7 Å². The van der Waals surface area contributed by atoms with E-state index >= 15 is 0 Å². The fourth-order valence-electron chi connectivity index (χ4n) is 2.66. The van der Waals surface area contributed by atoms with E-state index in [1.54, 1.807) is 44.6 Å². The van der Waals surface area contributed by atoms with Crippen LogP contribution in [0.3, 0.4) is 0 Å². The minimum atomic E-state index is -0.144. The highest BCUT2D eigenvalue weighted by Crippen LogP contribution is 2.31. The second kappa shape index (κ2) is 8.23. The van der Waals surface area contributed by atoms with Crippen LogP contribution in [0.1, 0.15) is 10.4 Å².